The molecule has 0 amide bonds. The van der Waals surface area contributed by atoms with Crippen LogP contribution in [0.5, 0.6) is 5.75 Å². The van der Waals surface area contributed by atoms with E-state index >= 15 is 0 Å². The molecule has 2 atom stereocenters. The molecule has 0 radical (unpaired) electrons. The lowest BCUT2D eigenvalue weighted by molar-refractivity contribution is -0.141. The van der Waals surface area contributed by atoms with Gasteiger partial charge in [-0.1, -0.05) is 37.2 Å². The molecular weight excluding hydrogens is 260 g/mol. The Hall–Kier alpha value is -2.37. The SMILES string of the molecule is CC(C(=O)O)C(C)c1nc(COc2ccccc2)no1. The van der Waals surface area contributed by atoms with Crippen LogP contribution in [0.2, 0.25) is 0 Å². The Morgan fingerprint density at radius 1 is 1.35 bits per heavy atom. The van der Waals surface area contributed by atoms with Crippen LogP contribution in [0.1, 0.15) is 31.5 Å². The highest BCUT2D eigenvalue weighted by atomic mass is 16.5. The fraction of sp³-hybridized carbons (Fsp3) is 0.357. The standard InChI is InChI=1S/C14H16N2O4/c1-9(10(2)14(17)18)13-15-12(16-20-13)8-19-11-6-4-3-5-7-11/h3-7,9-10H,8H2,1-2H3,(H,17,18). The Morgan fingerprint density at radius 3 is 2.70 bits per heavy atom. The van der Waals surface area contributed by atoms with E-state index in [2.05, 4.69) is 10.1 Å². The van der Waals surface area contributed by atoms with Gasteiger partial charge in [-0.05, 0) is 12.1 Å². The van der Waals surface area contributed by atoms with Crippen molar-refractivity contribution >= 4 is 5.97 Å². The fourth-order valence-electron chi connectivity index (χ4n) is 1.60. The molecule has 0 aliphatic rings. The Bertz CT molecular complexity index is 568. The molecule has 6 heteroatoms. The molecule has 1 heterocycles. The number of carboxylic acids is 1. The molecular formula is C14H16N2O4. The third-order valence-corrected chi connectivity index (χ3v) is 3.12. The molecule has 1 aromatic heterocycles. The van der Waals surface area contributed by atoms with E-state index in [-0.39, 0.29) is 12.5 Å². The largest absolute Gasteiger partial charge is 0.485 e. The maximum Gasteiger partial charge on any atom is 0.307 e. The van der Waals surface area contributed by atoms with Gasteiger partial charge in [-0.2, -0.15) is 4.98 Å². The van der Waals surface area contributed by atoms with Crippen LogP contribution < -0.4 is 4.74 Å². The van der Waals surface area contributed by atoms with Gasteiger partial charge in [0.25, 0.3) is 0 Å². The van der Waals surface area contributed by atoms with Gasteiger partial charge in [0.1, 0.15) is 5.75 Å². The number of hydrogen-bond acceptors (Lipinski definition) is 5. The van der Waals surface area contributed by atoms with Crippen molar-refractivity contribution in [2.24, 2.45) is 5.92 Å². The number of ether oxygens (including phenoxy) is 1. The second-order valence-electron chi connectivity index (χ2n) is 4.57. The molecule has 0 aliphatic carbocycles. The molecule has 106 valence electrons. The van der Waals surface area contributed by atoms with Crippen molar-refractivity contribution in [3.63, 3.8) is 0 Å². The van der Waals surface area contributed by atoms with Crippen LogP contribution in [0.25, 0.3) is 0 Å². The van der Waals surface area contributed by atoms with Gasteiger partial charge >= 0.3 is 5.97 Å². The average molecular weight is 276 g/mol. The Morgan fingerprint density at radius 2 is 2.05 bits per heavy atom. The van der Waals surface area contributed by atoms with Crippen molar-refractivity contribution in [3.05, 3.63) is 42.0 Å². The molecule has 0 saturated heterocycles. The zero-order chi connectivity index (χ0) is 14.5. The summed E-state index contributed by atoms with van der Waals surface area (Å²) in [4.78, 5) is 15.1. The minimum absolute atomic E-state index is 0.182. The number of hydrogen-bond donors (Lipinski definition) is 1. The van der Waals surface area contributed by atoms with Gasteiger partial charge in [0, 0.05) is 5.92 Å². The van der Waals surface area contributed by atoms with Gasteiger partial charge in [-0.3, -0.25) is 4.79 Å². The number of rotatable bonds is 6. The summed E-state index contributed by atoms with van der Waals surface area (Å²) >= 11 is 0. The van der Waals surface area contributed by atoms with E-state index < -0.39 is 11.9 Å². The summed E-state index contributed by atoms with van der Waals surface area (Å²) in [6.07, 6.45) is 0. The third-order valence-electron chi connectivity index (χ3n) is 3.12. The lowest BCUT2D eigenvalue weighted by Crippen LogP contribution is -2.17. The number of benzene rings is 1. The molecule has 1 aromatic carbocycles. The first-order chi connectivity index (χ1) is 9.58. The van der Waals surface area contributed by atoms with E-state index in [1.165, 1.54) is 0 Å². The first kappa shape index (κ1) is 14.0. The molecule has 0 spiro atoms. The third kappa shape index (κ3) is 3.34. The van der Waals surface area contributed by atoms with Crippen molar-refractivity contribution in [2.75, 3.05) is 0 Å². The minimum Gasteiger partial charge on any atom is -0.485 e. The van der Waals surface area contributed by atoms with Gasteiger partial charge in [0.2, 0.25) is 11.7 Å². The Labute approximate surface area is 116 Å². The molecule has 6 nitrogen and oxygen atoms in total. The first-order valence-corrected chi connectivity index (χ1v) is 6.31. The average Bonchev–Trinajstić information content (AvgIpc) is 2.93. The van der Waals surface area contributed by atoms with Crippen molar-refractivity contribution < 1.29 is 19.2 Å². The van der Waals surface area contributed by atoms with Gasteiger partial charge in [-0.15, -0.1) is 0 Å². The number of nitrogens with zero attached hydrogens (tertiary/aromatic N) is 2. The molecule has 2 unspecified atom stereocenters. The number of aliphatic carboxylic acids is 1. The number of carboxylic acid groups (broad SMARTS) is 1. The molecule has 0 fully saturated rings. The van der Waals surface area contributed by atoms with E-state index in [4.69, 9.17) is 14.4 Å². The fourth-order valence-corrected chi connectivity index (χ4v) is 1.60. The van der Waals surface area contributed by atoms with Gasteiger partial charge in [0.05, 0.1) is 5.92 Å². The van der Waals surface area contributed by atoms with E-state index in [0.717, 1.165) is 0 Å². The van der Waals surface area contributed by atoms with E-state index in [1.807, 2.05) is 30.3 Å². The molecule has 1 N–H and O–H groups in total. The van der Waals surface area contributed by atoms with Crippen LogP contribution in [-0.2, 0) is 11.4 Å². The van der Waals surface area contributed by atoms with Crippen LogP contribution >= 0.6 is 0 Å². The minimum atomic E-state index is -0.891. The summed E-state index contributed by atoms with van der Waals surface area (Å²) in [5, 5.41) is 12.7. The lowest BCUT2D eigenvalue weighted by Gasteiger charge is -2.10. The lowest BCUT2D eigenvalue weighted by atomic mass is 9.96. The predicted octanol–water partition coefficient (Wildman–Crippen LogP) is 2.47. The molecule has 0 bridgehead atoms. The van der Waals surface area contributed by atoms with Crippen molar-refractivity contribution in [1.82, 2.24) is 10.1 Å². The van der Waals surface area contributed by atoms with Crippen LogP contribution in [-0.4, -0.2) is 21.2 Å². The topological polar surface area (TPSA) is 85.5 Å². The molecule has 0 aliphatic heterocycles. The summed E-state index contributed by atoms with van der Waals surface area (Å²) in [5.74, 6) is -0.396. The van der Waals surface area contributed by atoms with Crippen LogP contribution in [0, 0.1) is 5.92 Å². The highest BCUT2D eigenvalue weighted by molar-refractivity contribution is 5.70. The first-order valence-electron chi connectivity index (χ1n) is 6.31. The summed E-state index contributed by atoms with van der Waals surface area (Å²) in [7, 11) is 0. The Kier molecular flexibility index (Phi) is 4.34. The monoisotopic (exact) mass is 276 g/mol. The zero-order valence-corrected chi connectivity index (χ0v) is 11.3. The van der Waals surface area contributed by atoms with E-state index in [0.29, 0.717) is 17.5 Å². The molecule has 0 saturated carbocycles. The van der Waals surface area contributed by atoms with E-state index in [9.17, 15) is 4.79 Å². The highest BCUT2D eigenvalue weighted by Crippen LogP contribution is 2.22. The van der Waals surface area contributed by atoms with Crippen molar-refractivity contribution in [1.29, 1.82) is 0 Å². The van der Waals surface area contributed by atoms with Crippen molar-refractivity contribution in [3.8, 4) is 5.75 Å². The highest BCUT2D eigenvalue weighted by Gasteiger charge is 2.25. The number of para-hydroxylation sites is 1. The predicted molar refractivity (Wildman–Crippen MR) is 70.3 cm³/mol. The molecule has 20 heavy (non-hydrogen) atoms. The van der Waals surface area contributed by atoms with Crippen LogP contribution in [0.4, 0.5) is 0 Å². The molecule has 2 rings (SSSR count). The summed E-state index contributed by atoms with van der Waals surface area (Å²) < 4.78 is 10.6. The Balaban J connectivity index is 1.97. The summed E-state index contributed by atoms with van der Waals surface area (Å²) in [6.45, 7) is 3.53. The zero-order valence-electron chi connectivity index (χ0n) is 11.3. The van der Waals surface area contributed by atoms with Gasteiger partial charge in [-0.25, -0.2) is 0 Å². The maximum atomic E-state index is 10.9. The van der Waals surface area contributed by atoms with Crippen molar-refractivity contribution in [2.45, 2.75) is 26.4 Å². The number of carbonyl (C=O) groups is 1. The quantitative estimate of drug-likeness (QED) is 0.872. The van der Waals surface area contributed by atoms with Crippen LogP contribution in [0.3, 0.4) is 0 Å². The smallest absolute Gasteiger partial charge is 0.307 e. The van der Waals surface area contributed by atoms with E-state index in [1.54, 1.807) is 13.8 Å². The second kappa shape index (κ2) is 6.18. The van der Waals surface area contributed by atoms with Gasteiger partial charge < -0.3 is 14.4 Å². The van der Waals surface area contributed by atoms with Gasteiger partial charge in [0.15, 0.2) is 6.61 Å². The number of aromatic nitrogens is 2. The summed E-state index contributed by atoms with van der Waals surface area (Å²) in [6, 6.07) is 9.29. The molecule has 2 aromatic rings. The normalized spacial score (nSPS) is 13.7. The second-order valence-corrected chi connectivity index (χ2v) is 4.57. The summed E-state index contributed by atoms with van der Waals surface area (Å²) in [5.41, 5.74) is 0. The van der Waals surface area contributed by atoms with Crippen LogP contribution in [0.15, 0.2) is 34.9 Å². The maximum absolute atomic E-state index is 10.9.